The van der Waals surface area contributed by atoms with Gasteiger partial charge in [0, 0.05) is 44.0 Å². The second-order valence-electron chi connectivity index (χ2n) is 6.17. The number of anilines is 1. The van der Waals surface area contributed by atoms with Gasteiger partial charge in [-0.2, -0.15) is 0 Å². The van der Waals surface area contributed by atoms with Gasteiger partial charge in [0.05, 0.1) is 13.2 Å². The Morgan fingerprint density at radius 3 is 2.36 bits per heavy atom. The van der Waals surface area contributed by atoms with Crippen molar-refractivity contribution < 1.29 is 18.6 Å². The van der Waals surface area contributed by atoms with Crippen LogP contribution in [-0.4, -0.2) is 49.8 Å². The zero-order valence-corrected chi connectivity index (χ0v) is 14.2. The number of β-amino-alcohol motifs (C(OH)–C–C–N with tert-alkyl or cyclic N) is 1. The first-order valence-electron chi connectivity index (χ1n) is 8.31. The minimum atomic E-state index is -1.04. The molecular weight excluding hydrogens is 326 g/mol. The molecule has 134 valence electrons. The highest BCUT2D eigenvalue weighted by molar-refractivity contribution is 5.49. The molecule has 0 amide bonds. The summed E-state index contributed by atoms with van der Waals surface area (Å²) in [6, 6.07) is 11.1. The van der Waals surface area contributed by atoms with Crippen molar-refractivity contribution in [2.24, 2.45) is 0 Å². The molecule has 2 aromatic carbocycles. The largest absolute Gasteiger partial charge is 0.497 e. The molecule has 1 atom stereocenters. The molecule has 4 nitrogen and oxygen atoms in total. The first-order chi connectivity index (χ1) is 12.1. The van der Waals surface area contributed by atoms with Crippen LogP contribution in [0.15, 0.2) is 42.5 Å². The quantitative estimate of drug-likeness (QED) is 0.901. The van der Waals surface area contributed by atoms with E-state index in [1.165, 1.54) is 0 Å². The van der Waals surface area contributed by atoms with E-state index in [0.29, 0.717) is 0 Å². The van der Waals surface area contributed by atoms with Gasteiger partial charge in [0.1, 0.15) is 17.4 Å². The maximum Gasteiger partial charge on any atom is 0.129 e. The number of hydrogen-bond donors (Lipinski definition) is 1. The van der Waals surface area contributed by atoms with Crippen molar-refractivity contribution in [2.45, 2.75) is 6.10 Å². The Morgan fingerprint density at radius 1 is 1.04 bits per heavy atom. The average molecular weight is 348 g/mol. The molecule has 25 heavy (non-hydrogen) atoms. The standard InChI is InChI=1S/C19H22F2N2O2/c1-25-16-5-3-15(4-6-16)23-10-8-22(9-11-23)13-19(24)17-12-14(20)2-7-18(17)21/h2-7,12,19,24H,8-11,13H2,1H3. The maximum atomic E-state index is 13.8. The molecule has 3 rings (SSSR count). The number of rotatable bonds is 5. The molecule has 0 aliphatic carbocycles. The molecule has 0 bridgehead atoms. The topological polar surface area (TPSA) is 35.9 Å². The molecule has 0 saturated carbocycles. The van der Waals surface area contributed by atoms with Crippen molar-refractivity contribution in [1.29, 1.82) is 0 Å². The SMILES string of the molecule is COc1ccc(N2CCN(CC(O)c3cc(F)ccc3F)CC2)cc1. The molecule has 1 fully saturated rings. The lowest BCUT2D eigenvalue weighted by Gasteiger charge is -2.37. The van der Waals surface area contributed by atoms with Crippen molar-refractivity contribution in [3.8, 4) is 5.75 Å². The average Bonchev–Trinajstić information content (AvgIpc) is 2.64. The van der Waals surface area contributed by atoms with Crippen LogP contribution in [0.3, 0.4) is 0 Å². The predicted octanol–water partition coefficient (Wildman–Crippen LogP) is 2.83. The van der Waals surface area contributed by atoms with Gasteiger partial charge in [0.2, 0.25) is 0 Å². The van der Waals surface area contributed by atoms with Crippen LogP contribution in [0, 0.1) is 11.6 Å². The number of aliphatic hydroxyl groups is 1. The van der Waals surface area contributed by atoms with Crippen LogP contribution in [0.4, 0.5) is 14.5 Å². The maximum absolute atomic E-state index is 13.8. The molecule has 1 N–H and O–H groups in total. The number of methoxy groups -OCH3 is 1. The lowest BCUT2D eigenvalue weighted by Crippen LogP contribution is -2.47. The van der Waals surface area contributed by atoms with E-state index in [4.69, 9.17) is 4.74 Å². The van der Waals surface area contributed by atoms with Crippen LogP contribution < -0.4 is 9.64 Å². The summed E-state index contributed by atoms with van der Waals surface area (Å²) in [5.41, 5.74) is 1.13. The van der Waals surface area contributed by atoms with Crippen LogP contribution in [0.5, 0.6) is 5.75 Å². The molecular formula is C19H22F2N2O2. The Balaban J connectivity index is 1.56. The van der Waals surface area contributed by atoms with Crippen molar-refractivity contribution in [1.82, 2.24) is 4.90 Å². The summed E-state index contributed by atoms with van der Waals surface area (Å²) in [5, 5.41) is 10.2. The smallest absolute Gasteiger partial charge is 0.129 e. The number of nitrogens with zero attached hydrogens (tertiary/aromatic N) is 2. The van der Waals surface area contributed by atoms with E-state index >= 15 is 0 Å². The normalized spacial score (nSPS) is 16.7. The van der Waals surface area contributed by atoms with E-state index in [9.17, 15) is 13.9 Å². The second-order valence-corrected chi connectivity index (χ2v) is 6.17. The minimum absolute atomic E-state index is 0.0117. The first kappa shape index (κ1) is 17.6. The predicted molar refractivity (Wildman–Crippen MR) is 93.0 cm³/mol. The molecule has 1 unspecified atom stereocenters. The van der Waals surface area contributed by atoms with Crippen molar-refractivity contribution in [3.63, 3.8) is 0 Å². The Labute approximate surface area is 146 Å². The van der Waals surface area contributed by atoms with Crippen LogP contribution in [-0.2, 0) is 0 Å². The Kier molecular flexibility index (Phi) is 5.50. The molecule has 1 heterocycles. The van der Waals surface area contributed by atoms with E-state index in [1.807, 2.05) is 24.3 Å². The molecule has 1 aliphatic rings. The van der Waals surface area contributed by atoms with Crippen molar-refractivity contribution in [3.05, 3.63) is 59.7 Å². The summed E-state index contributed by atoms with van der Waals surface area (Å²) < 4.78 is 32.2. The number of aliphatic hydroxyl groups excluding tert-OH is 1. The Hall–Kier alpha value is -2.18. The second kappa shape index (κ2) is 7.80. The third kappa shape index (κ3) is 4.27. The van der Waals surface area contributed by atoms with Gasteiger partial charge in [-0.3, -0.25) is 4.90 Å². The highest BCUT2D eigenvalue weighted by Gasteiger charge is 2.22. The van der Waals surface area contributed by atoms with E-state index < -0.39 is 17.7 Å². The molecule has 0 spiro atoms. The van der Waals surface area contributed by atoms with Gasteiger partial charge in [-0.15, -0.1) is 0 Å². The van der Waals surface area contributed by atoms with Crippen LogP contribution in [0.25, 0.3) is 0 Å². The van der Waals surface area contributed by atoms with Crippen molar-refractivity contribution in [2.75, 3.05) is 44.7 Å². The van der Waals surface area contributed by atoms with E-state index in [1.54, 1.807) is 7.11 Å². The summed E-state index contributed by atoms with van der Waals surface area (Å²) in [5.74, 6) is -0.298. The summed E-state index contributed by atoms with van der Waals surface area (Å²) in [7, 11) is 1.64. The van der Waals surface area contributed by atoms with Gasteiger partial charge < -0.3 is 14.7 Å². The number of ether oxygens (including phenoxy) is 1. The van der Waals surface area contributed by atoms with Gasteiger partial charge >= 0.3 is 0 Å². The highest BCUT2D eigenvalue weighted by atomic mass is 19.1. The fraction of sp³-hybridized carbons (Fsp3) is 0.368. The van der Waals surface area contributed by atoms with E-state index in [0.717, 1.165) is 55.8 Å². The number of halogens is 2. The Bertz CT molecular complexity index is 701. The highest BCUT2D eigenvalue weighted by Crippen LogP contribution is 2.23. The minimum Gasteiger partial charge on any atom is -0.497 e. The summed E-state index contributed by atoms with van der Waals surface area (Å²) in [4.78, 5) is 4.32. The van der Waals surface area contributed by atoms with Gasteiger partial charge in [-0.25, -0.2) is 8.78 Å². The van der Waals surface area contributed by atoms with Gasteiger partial charge in [-0.1, -0.05) is 0 Å². The number of hydrogen-bond acceptors (Lipinski definition) is 4. The molecule has 6 heteroatoms. The molecule has 2 aromatic rings. The fourth-order valence-electron chi connectivity index (χ4n) is 3.09. The van der Waals surface area contributed by atoms with E-state index in [2.05, 4.69) is 9.80 Å². The zero-order valence-electron chi connectivity index (χ0n) is 14.2. The van der Waals surface area contributed by atoms with Gasteiger partial charge in [0.15, 0.2) is 0 Å². The molecule has 1 saturated heterocycles. The summed E-state index contributed by atoms with van der Waals surface area (Å²) in [6.07, 6.45) is -1.04. The van der Waals surface area contributed by atoms with Gasteiger partial charge in [0.25, 0.3) is 0 Å². The lowest BCUT2D eigenvalue weighted by atomic mass is 10.1. The lowest BCUT2D eigenvalue weighted by molar-refractivity contribution is 0.106. The fourth-order valence-corrected chi connectivity index (χ4v) is 3.09. The van der Waals surface area contributed by atoms with Crippen LogP contribution in [0.1, 0.15) is 11.7 Å². The summed E-state index contributed by atoms with van der Waals surface area (Å²) >= 11 is 0. The number of benzene rings is 2. The first-order valence-corrected chi connectivity index (χ1v) is 8.31. The molecule has 0 radical (unpaired) electrons. The zero-order chi connectivity index (χ0) is 17.8. The third-order valence-electron chi connectivity index (χ3n) is 4.56. The van der Waals surface area contributed by atoms with Crippen LogP contribution in [0.2, 0.25) is 0 Å². The van der Waals surface area contributed by atoms with Gasteiger partial charge in [-0.05, 0) is 42.5 Å². The third-order valence-corrected chi connectivity index (χ3v) is 4.56. The summed E-state index contributed by atoms with van der Waals surface area (Å²) in [6.45, 7) is 3.41. The van der Waals surface area contributed by atoms with Crippen LogP contribution >= 0.6 is 0 Å². The molecule has 0 aromatic heterocycles. The Morgan fingerprint density at radius 2 is 1.72 bits per heavy atom. The number of piperazine rings is 1. The van der Waals surface area contributed by atoms with Crippen molar-refractivity contribution >= 4 is 5.69 Å². The van der Waals surface area contributed by atoms with E-state index in [-0.39, 0.29) is 12.1 Å². The molecule has 1 aliphatic heterocycles. The monoisotopic (exact) mass is 348 g/mol.